The molecule has 0 aliphatic carbocycles. The van der Waals surface area contributed by atoms with E-state index in [1.807, 2.05) is 64.1 Å². The van der Waals surface area contributed by atoms with Gasteiger partial charge in [0.25, 0.3) is 11.8 Å². The molecule has 0 atom stereocenters. The Balaban J connectivity index is 1.45. The van der Waals surface area contributed by atoms with E-state index >= 15 is 0 Å². The summed E-state index contributed by atoms with van der Waals surface area (Å²) >= 11 is 0. The molecule has 6 heteroatoms. The standard InChI is InChI=1S/C26H28N2O4/c1-17-9-18(2)12-23(11-17)31-15-25(29)27-21-5-7-22(8-6-21)28-26(30)16-32-24-13-19(3)10-20(4)14-24/h5-14H,15-16H2,1-4H3,(H,27,29)(H,28,30). The highest BCUT2D eigenvalue weighted by molar-refractivity contribution is 5.94. The molecule has 0 spiro atoms. The van der Waals surface area contributed by atoms with Crippen molar-refractivity contribution in [1.82, 2.24) is 0 Å². The Morgan fingerprint density at radius 2 is 0.906 bits per heavy atom. The number of aryl methyl sites for hydroxylation is 4. The van der Waals surface area contributed by atoms with Gasteiger partial charge in [-0.15, -0.1) is 0 Å². The molecule has 2 N–H and O–H groups in total. The van der Waals surface area contributed by atoms with E-state index in [1.165, 1.54) is 0 Å². The van der Waals surface area contributed by atoms with Crippen LogP contribution in [0.1, 0.15) is 22.3 Å². The number of anilines is 2. The summed E-state index contributed by atoms with van der Waals surface area (Å²) in [6.07, 6.45) is 0. The number of benzene rings is 3. The lowest BCUT2D eigenvalue weighted by Crippen LogP contribution is -2.21. The van der Waals surface area contributed by atoms with E-state index in [0.29, 0.717) is 22.9 Å². The zero-order valence-electron chi connectivity index (χ0n) is 18.8. The highest BCUT2D eigenvalue weighted by Crippen LogP contribution is 2.18. The van der Waals surface area contributed by atoms with E-state index in [9.17, 15) is 9.59 Å². The minimum Gasteiger partial charge on any atom is -0.484 e. The Morgan fingerprint density at radius 1 is 0.594 bits per heavy atom. The van der Waals surface area contributed by atoms with Crippen molar-refractivity contribution >= 4 is 23.2 Å². The van der Waals surface area contributed by atoms with E-state index in [2.05, 4.69) is 10.6 Å². The molecule has 0 aromatic heterocycles. The Bertz CT molecular complexity index is 978. The maximum Gasteiger partial charge on any atom is 0.262 e. The molecule has 0 heterocycles. The number of rotatable bonds is 8. The fourth-order valence-electron chi connectivity index (χ4n) is 3.36. The molecule has 6 nitrogen and oxygen atoms in total. The minimum atomic E-state index is -0.261. The van der Waals surface area contributed by atoms with Crippen molar-refractivity contribution in [2.75, 3.05) is 23.8 Å². The van der Waals surface area contributed by atoms with Crippen molar-refractivity contribution in [3.8, 4) is 11.5 Å². The van der Waals surface area contributed by atoms with E-state index in [1.54, 1.807) is 24.3 Å². The summed E-state index contributed by atoms with van der Waals surface area (Å²) in [6.45, 7) is 7.76. The van der Waals surface area contributed by atoms with E-state index < -0.39 is 0 Å². The molecule has 0 unspecified atom stereocenters. The fraction of sp³-hybridized carbons (Fsp3) is 0.231. The maximum absolute atomic E-state index is 12.2. The summed E-state index contributed by atoms with van der Waals surface area (Å²) in [5.74, 6) is 0.808. The number of ether oxygens (including phenoxy) is 2. The van der Waals surface area contributed by atoms with E-state index in [-0.39, 0.29) is 25.0 Å². The van der Waals surface area contributed by atoms with Crippen molar-refractivity contribution in [1.29, 1.82) is 0 Å². The van der Waals surface area contributed by atoms with Crippen LogP contribution in [0.5, 0.6) is 11.5 Å². The molecule has 0 bridgehead atoms. The summed E-state index contributed by atoms with van der Waals surface area (Å²) in [5.41, 5.74) is 5.55. The van der Waals surface area contributed by atoms with Crippen LogP contribution >= 0.6 is 0 Å². The van der Waals surface area contributed by atoms with Crippen LogP contribution in [0, 0.1) is 27.7 Å². The van der Waals surface area contributed by atoms with Crippen LogP contribution in [-0.2, 0) is 9.59 Å². The minimum absolute atomic E-state index is 0.0862. The lowest BCUT2D eigenvalue weighted by atomic mass is 10.1. The normalized spacial score (nSPS) is 10.4. The number of carbonyl (C=O) groups excluding carboxylic acids is 2. The topological polar surface area (TPSA) is 76.7 Å². The van der Waals surface area contributed by atoms with Gasteiger partial charge in [-0.3, -0.25) is 9.59 Å². The predicted octanol–water partition coefficient (Wildman–Crippen LogP) is 4.96. The Morgan fingerprint density at radius 3 is 1.22 bits per heavy atom. The lowest BCUT2D eigenvalue weighted by Gasteiger charge is -2.11. The van der Waals surface area contributed by atoms with Crippen LogP contribution < -0.4 is 20.1 Å². The molecule has 2 amide bonds. The van der Waals surface area contributed by atoms with Crippen LogP contribution in [-0.4, -0.2) is 25.0 Å². The first-order valence-corrected chi connectivity index (χ1v) is 10.4. The molecule has 3 rings (SSSR count). The van der Waals surface area contributed by atoms with E-state index in [0.717, 1.165) is 22.3 Å². The molecule has 0 saturated heterocycles. The molecule has 3 aromatic rings. The van der Waals surface area contributed by atoms with Crippen LogP contribution in [0.3, 0.4) is 0 Å². The second-order valence-electron chi connectivity index (χ2n) is 7.90. The molecule has 0 radical (unpaired) electrons. The van der Waals surface area contributed by atoms with Gasteiger partial charge in [-0.2, -0.15) is 0 Å². The van der Waals surface area contributed by atoms with Gasteiger partial charge >= 0.3 is 0 Å². The van der Waals surface area contributed by atoms with E-state index in [4.69, 9.17) is 9.47 Å². The zero-order valence-corrected chi connectivity index (χ0v) is 18.8. The van der Waals surface area contributed by atoms with Crippen LogP contribution in [0.25, 0.3) is 0 Å². The Hall–Kier alpha value is -3.80. The lowest BCUT2D eigenvalue weighted by molar-refractivity contribution is -0.118. The third-order valence-corrected chi connectivity index (χ3v) is 4.58. The summed E-state index contributed by atoms with van der Waals surface area (Å²) < 4.78 is 11.1. The van der Waals surface area contributed by atoms with Gasteiger partial charge in [-0.25, -0.2) is 0 Å². The van der Waals surface area contributed by atoms with Gasteiger partial charge in [0.1, 0.15) is 11.5 Å². The fourth-order valence-corrected chi connectivity index (χ4v) is 3.36. The molecule has 0 aliphatic heterocycles. The van der Waals surface area contributed by atoms with Gasteiger partial charge in [0.05, 0.1) is 0 Å². The van der Waals surface area contributed by atoms with Gasteiger partial charge in [-0.1, -0.05) is 12.1 Å². The molecule has 0 fully saturated rings. The van der Waals surface area contributed by atoms with Crippen LogP contribution in [0.15, 0.2) is 60.7 Å². The Labute approximate surface area is 188 Å². The van der Waals surface area contributed by atoms with Gasteiger partial charge < -0.3 is 20.1 Å². The second-order valence-corrected chi connectivity index (χ2v) is 7.90. The summed E-state index contributed by atoms with van der Waals surface area (Å²) in [4.78, 5) is 24.3. The van der Waals surface area contributed by atoms with Crippen molar-refractivity contribution in [3.63, 3.8) is 0 Å². The SMILES string of the molecule is Cc1cc(C)cc(OCC(=O)Nc2ccc(NC(=O)COc3cc(C)cc(C)c3)cc2)c1. The van der Waals surface area contributed by atoms with Crippen LogP contribution in [0.4, 0.5) is 11.4 Å². The summed E-state index contributed by atoms with van der Waals surface area (Å²) in [6, 6.07) is 18.5. The second kappa shape index (κ2) is 10.5. The highest BCUT2D eigenvalue weighted by atomic mass is 16.5. The molecule has 166 valence electrons. The molecule has 3 aromatic carbocycles. The number of nitrogens with one attached hydrogen (secondary N) is 2. The smallest absolute Gasteiger partial charge is 0.262 e. The molecule has 0 saturated carbocycles. The third-order valence-electron chi connectivity index (χ3n) is 4.58. The molecule has 0 aliphatic rings. The van der Waals surface area contributed by atoms with Crippen molar-refractivity contribution in [3.05, 3.63) is 82.9 Å². The first-order chi connectivity index (χ1) is 15.3. The number of amides is 2. The van der Waals surface area contributed by atoms with Crippen molar-refractivity contribution < 1.29 is 19.1 Å². The highest BCUT2D eigenvalue weighted by Gasteiger charge is 2.07. The zero-order chi connectivity index (χ0) is 23.1. The quantitative estimate of drug-likeness (QED) is 0.528. The first kappa shape index (κ1) is 22.9. The number of hydrogen-bond acceptors (Lipinski definition) is 4. The first-order valence-electron chi connectivity index (χ1n) is 10.4. The number of carbonyl (C=O) groups is 2. The van der Waals surface area contributed by atoms with Gasteiger partial charge in [0.15, 0.2) is 13.2 Å². The Kier molecular flexibility index (Phi) is 7.49. The largest absolute Gasteiger partial charge is 0.484 e. The summed E-state index contributed by atoms with van der Waals surface area (Å²) in [5, 5.41) is 5.56. The average Bonchev–Trinajstić information content (AvgIpc) is 2.71. The van der Waals surface area contributed by atoms with Gasteiger partial charge in [-0.05, 0) is 98.5 Å². The van der Waals surface area contributed by atoms with Gasteiger partial charge in [0, 0.05) is 11.4 Å². The van der Waals surface area contributed by atoms with Crippen molar-refractivity contribution in [2.24, 2.45) is 0 Å². The molecular weight excluding hydrogens is 404 g/mol. The van der Waals surface area contributed by atoms with Gasteiger partial charge in [0.2, 0.25) is 0 Å². The maximum atomic E-state index is 12.2. The molecular formula is C26H28N2O4. The molecule has 32 heavy (non-hydrogen) atoms. The average molecular weight is 433 g/mol. The predicted molar refractivity (Wildman–Crippen MR) is 127 cm³/mol. The van der Waals surface area contributed by atoms with Crippen LogP contribution in [0.2, 0.25) is 0 Å². The monoisotopic (exact) mass is 432 g/mol. The third kappa shape index (κ3) is 7.16. The summed E-state index contributed by atoms with van der Waals surface area (Å²) in [7, 11) is 0. The van der Waals surface area contributed by atoms with Crippen molar-refractivity contribution in [2.45, 2.75) is 27.7 Å². The number of hydrogen-bond donors (Lipinski definition) is 2.